The number of benzene rings is 3. The maximum Gasteiger partial charge on any atom is 0.416 e. The van der Waals surface area contributed by atoms with E-state index < -0.39 is 33.3 Å². The van der Waals surface area contributed by atoms with Crippen molar-refractivity contribution in [1.82, 2.24) is 0 Å². The van der Waals surface area contributed by atoms with Gasteiger partial charge in [0, 0.05) is 17.5 Å². The second-order valence-electron chi connectivity index (χ2n) is 9.02. The monoisotopic (exact) mass is 532 g/mol. The van der Waals surface area contributed by atoms with Crippen LogP contribution in [0, 0.1) is 0 Å². The number of hydrogen-bond acceptors (Lipinski definition) is 5. The summed E-state index contributed by atoms with van der Waals surface area (Å²) in [6.07, 6.45) is -4.61. The standard InChI is InChI=1S/C26H23F3N2O3S2/c1-25(2,32)22-24(35)31(23(30-22)20-9-4-5-10-21(20)26(27,28)29)18-13-11-16(12-14-18)17-7-6-8-19(15-17)36(3,33)34/h4-15,23,32H,1-3H3. The molecule has 36 heavy (non-hydrogen) atoms. The van der Waals surface area contributed by atoms with Crippen molar-refractivity contribution in [2.75, 3.05) is 11.2 Å². The largest absolute Gasteiger partial charge is 0.416 e. The Morgan fingerprint density at radius 1 is 0.944 bits per heavy atom. The van der Waals surface area contributed by atoms with Gasteiger partial charge in [0.05, 0.1) is 10.5 Å². The van der Waals surface area contributed by atoms with Crippen LogP contribution in [0.25, 0.3) is 11.1 Å². The number of nitrogens with zero attached hydrogens (tertiary/aromatic N) is 2. The second-order valence-corrected chi connectivity index (χ2v) is 11.4. The fourth-order valence-electron chi connectivity index (χ4n) is 4.05. The summed E-state index contributed by atoms with van der Waals surface area (Å²) in [5.41, 5.74) is -0.415. The van der Waals surface area contributed by atoms with E-state index in [1.807, 2.05) is 0 Å². The normalized spacial score (nSPS) is 16.9. The Morgan fingerprint density at radius 2 is 1.58 bits per heavy atom. The molecule has 5 nitrogen and oxygen atoms in total. The molecular formula is C26H23F3N2O3S2. The van der Waals surface area contributed by atoms with Crippen molar-refractivity contribution >= 4 is 38.4 Å². The van der Waals surface area contributed by atoms with Crippen LogP contribution in [0.4, 0.5) is 18.9 Å². The van der Waals surface area contributed by atoms with Gasteiger partial charge in [-0.3, -0.25) is 4.99 Å². The third-order valence-corrected chi connectivity index (χ3v) is 7.28. The first kappa shape index (κ1) is 26.0. The molecule has 1 aliphatic heterocycles. The third-order valence-electron chi connectivity index (χ3n) is 5.78. The number of aliphatic hydroxyl groups is 1. The molecule has 1 heterocycles. The maximum atomic E-state index is 13.8. The summed E-state index contributed by atoms with van der Waals surface area (Å²) in [6.45, 7) is 2.96. The predicted octanol–water partition coefficient (Wildman–Crippen LogP) is 5.83. The van der Waals surface area contributed by atoms with Crippen molar-refractivity contribution in [2.24, 2.45) is 4.99 Å². The van der Waals surface area contributed by atoms with Crippen molar-refractivity contribution in [1.29, 1.82) is 0 Å². The first-order chi connectivity index (χ1) is 16.7. The van der Waals surface area contributed by atoms with Crippen molar-refractivity contribution in [2.45, 2.75) is 36.7 Å². The number of rotatable bonds is 5. The lowest BCUT2D eigenvalue weighted by atomic mass is 10.0. The van der Waals surface area contributed by atoms with E-state index in [9.17, 15) is 26.7 Å². The van der Waals surface area contributed by atoms with Crippen LogP contribution < -0.4 is 4.90 Å². The molecule has 3 aromatic carbocycles. The highest BCUT2D eigenvalue weighted by Gasteiger charge is 2.43. The fourth-order valence-corrected chi connectivity index (χ4v) is 5.22. The Labute approximate surface area is 212 Å². The minimum absolute atomic E-state index is 0.0865. The molecule has 1 N–H and O–H groups in total. The average molecular weight is 533 g/mol. The lowest BCUT2D eigenvalue weighted by molar-refractivity contribution is -0.138. The number of hydrogen-bond donors (Lipinski definition) is 1. The molecule has 0 aliphatic carbocycles. The second kappa shape index (κ2) is 9.10. The summed E-state index contributed by atoms with van der Waals surface area (Å²) < 4.78 is 65.3. The minimum Gasteiger partial charge on any atom is -0.384 e. The SMILES string of the molecule is CC(C)(O)C1=NC(c2ccccc2C(F)(F)F)N(c2ccc(-c3cccc(S(C)(=O)=O)c3)cc2)C1=S. The van der Waals surface area contributed by atoms with E-state index in [2.05, 4.69) is 4.99 Å². The predicted molar refractivity (Wildman–Crippen MR) is 138 cm³/mol. The highest BCUT2D eigenvalue weighted by molar-refractivity contribution is 7.90. The van der Waals surface area contributed by atoms with Gasteiger partial charge < -0.3 is 10.0 Å². The molecule has 4 rings (SSSR count). The van der Waals surface area contributed by atoms with E-state index in [-0.39, 0.29) is 21.2 Å². The van der Waals surface area contributed by atoms with E-state index >= 15 is 0 Å². The Kier molecular flexibility index (Phi) is 6.57. The zero-order valence-electron chi connectivity index (χ0n) is 19.6. The maximum absolute atomic E-state index is 13.8. The van der Waals surface area contributed by atoms with Crippen molar-refractivity contribution in [3.63, 3.8) is 0 Å². The zero-order valence-corrected chi connectivity index (χ0v) is 21.2. The fraction of sp³-hybridized carbons (Fsp3) is 0.231. The molecular weight excluding hydrogens is 509 g/mol. The Hall–Kier alpha value is -3.08. The lowest BCUT2D eigenvalue weighted by Crippen LogP contribution is -2.40. The van der Waals surface area contributed by atoms with Crippen LogP contribution in [0.15, 0.2) is 82.7 Å². The summed E-state index contributed by atoms with van der Waals surface area (Å²) in [5, 5.41) is 10.6. The van der Waals surface area contributed by atoms with Crippen LogP contribution >= 0.6 is 12.2 Å². The van der Waals surface area contributed by atoms with E-state index in [1.54, 1.807) is 42.5 Å². The van der Waals surface area contributed by atoms with Gasteiger partial charge in [-0.2, -0.15) is 13.2 Å². The Bertz CT molecular complexity index is 1460. The van der Waals surface area contributed by atoms with Crippen LogP contribution in [-0.2, 0) is 16.0 Å². The van der Waals surface area contributed by atoms with Crippen LogP contribution in [-0.4, -0.2) is 36.1 Å². The number of sulfone groups is 1. The van der Waals surface area contributed by atoms with Gasteiger partial charge in [0.25, 0.3) is 0 Å². The molecule has 188 valence electrons. The van der Waals surface area contributed by atoms with E-state index in [0.29, 0.717) is 16.8 Å². The van der Waals surface area contributed by atoms with Gasteiger partial charge in [-0.1, -0.05) is 54.7 Å². The van der Waals surface area contributed by atoms with E-state index in [1.165, 1.54) is 43.0 Å². The molecule has 10 heteroatoms. The van der Waals surface area contributed by atoms with E-state index in [4.69, 9.17) is 12.2 Å². The highest BCUT2D eigenvalue weighted by atomic mass is 32.2. The molecule has 0 fully saturated rings. The molecule has 0 bridgehead atoms. The summed E-state index contributed by atoms with van der Waals surface area (Å²) in [4.78, 5) is 6.24. The first-order valence-electron chi connectivity index (χ1n) is 10.9. The molecule has 0 saturated heterocycles. The quantitative estimate of drug-likeness (QED) is 0.419. The van der Waals surface area contributed by atoms with Crippen molar-refractivity contribution in [3.05, 3.63) is 83.9 Å². The molecule has 1 atom stereocenters. The zero-order chi connectivity index (χ0) is 26.5. The molecule has 0 aromatic heterocycles. The first-order valence-corrected chi connectivity index (χ1v) is 13.2. The van der Waals surface area contributed by atoms with E-state index in [0.717, 1.165) is 12.3 Å². The molecule has 0 spiro atoms. The number of aliphatic imine (C=N–C) groups is 1. The highest BCUT2D eigenvalue weighted by Crippen LogP contribution is 2.42. The van der Waals surface area contributed by atoms with Crippen LogP contribution in [0.5, 0.6) is 0 Å². The minimum atomic E-state index is -4.61. The average Bonchev–Trinajstić information content (AvgIpc) is 3.15. The van der Waals surface area contributed by atoms with Gasteiger partial charge in [-0.15, -0.1) is 0 Å². The summed E-state index contributed by atoms with van der Waals surface area (Å²) >= 11 is 5.58. The topological polar surface area (TPSA) is 70.0 Å². The van der Waals surface area contributed by atoms with Gasteiger partial charge in [0.2, 0.25) is 0 Å². The van der Waals surface area contributed by atoms with Crippen LogP contribution in [0.1, 0.15) is 31.1 Å². The Balaban J connectivity index is 1.79. The molecule has 1 aliphatic rings. The Morgan fingerprint density at radius 3 is 2.17 bits per heavy atom. The van der Waals surface area contributed by atoms with Gasteiger partial charge in [0.15, 0.2) is 16.0 Å². The summed E-state index contributed by atoms with van der Waals surface area (Å²) in [5.74, 6) is 0. The van der Waals surface area contributed by atoms with Gasteiger partial charge in [0.1, 0.15) is 16.3 Å². The summed E-state index contributed by atoms with van der Waals surface area (Å²) in [6, 6.07) is 18.5. The van der Waals surface area contributed by atoms with Gasteiger partial charge in [-0.25, -0.2) is 8.42 Å². The number of thiocarbonyl (C=S) groups is 1. The van der Waals surface area contributed by atoms with Crippen LogP contribution in [0.3, 0.4) is 0 Å². The smallest absolute Gasteiger partial charge is 0.384 e. The van der Waals surface area contributed by atoms with Gasteiger partial charge in [-0.05, 0) is 55.3 Å². The third kappa shape index (κ3) is 5.07. The van der Waals surface area contributed by atoms with Crippen LogP contribution in [0.2, 0.25) is 0 Å². The molecule has 3 aromatic rings. The molecule has 0 saturated carbocycles. The number of halogens is 3. The molecule has 1 unspecified atom stereocenters. The number of anilines is 1. The molecule has 0 radical (unpaired) electrons. The lowest BCUT2D eigenvalue weighted by Gasteiger charge is -2.28. The van der Waals surface area contributed by atoms with Crippen molar-refractivity contribution in [3.8, 4) is 11.1 Å². The number of alkyl halides is 3. The summed E-state index contributed by atoms with van der Waals surface area (Å²) in [7, 11) is -3.39. The molecule has 0 amide bonds. The van der Waals surface area contributed by atoms with Gasteiger partial charge >= 0.3 is 6.18 Å². The van der Waals surface area contributed by atoms with Crippen molar-refractivity contribution < 1.29 is 26.7 Å².